The van der Waals surface area contributed by atoms with E-state index in [2.05, 4.69) is 10.1 Å². The quantitative estimate of drug-likeness (QED) is 0.869. The predicted molar refractivity (Wildman–Crippen MR) is 63.5 cm³/mol. The molecule has 0 saturated heterocycles. The van der Waals surface area contributed by atoms with Gasteiger partial charge in [0.2, 0.25) is 11.7 Å². The molecule has 96 valence electrons. The molecule has 2 atom stereocenters. The molecule has 1 aliphatic carbocycles. The Morgan fingerprint density at radius 1 is 1.35 bits per heavy atom. The summed E-state index contributed by atoms with van der Waals surface area (Å²) in [4.78, 5) is 4.47. The minimum absolute atomic E-state index is 0.00497. The zero-order valence-corrected chi connectivity index (χ0v) is 10.8. The molecule has 1 aromatic rings. The molecule has 0 bridgehead atoms. The second-order valence-corrected chi connectivity index (χ2v) is 5.01. The van der Waals surface area contributed by atoms with Gasteiger partial charge in [0, 0.05) is 13.2 Å². The van der Waals surface area contributed by atoms with Gasteiger partial charge in [0.15, 0.2) is 0 Å². The normalized spacial score (nSPS) is 22.6. The number of nitrogens with two attached hydrogens (primary N) is 1. The summed E-state index contributed by atoms with van der Waals surface area (Å²) in [6.45, 7) is 3.94. The number of aromatic nitrogens is 2. The van der Waals surface area contributed by atoms with Gasteiger partial charge in [-0.25, -0.2) is 0 Å². The van der Waals surface area contributed by atoms with Gasteiger partial charge in [-0.2, -0.15) is 4.98 Å². The Bertz CT molecular complexity index is 370. The molecule has 2 unspecified atom stereocenters. The lowest BCUT2D eigenvalue weighted by Gasteiger charge is -2.22. The standard InChI is InChI=1S/C12H21N3O2/c1-8(9(2)13)10-14-11(15-17-10)12(16-3)6-4-5-7-12/h8-9H,4-7,13H2,1-3H3. The number of rotatable bonds is 4. The predicted octanol–water partition coefficient (Wildman–Crippen LogP) is 1.94. The Balaban J connectivity index is 2.22. The molecule has 2 N–H and O–H groups in total. The van der Waals surface area contributed by atoms with E-state index in [1.807, 2.05) is 13.8 Å². The van der Waals surface area contributed by atoms with Crippen LogP contribution in [0.1, 0.15) is 57.2 Å². The van der Waals surface area contributed by atoms with Crippen LogP contribution in [0.2, 0.25) is 0 Å². The molecule has 0 spiro atoms. The van der Waals surface area contributed by atoms with Gasteiger partial charge < -0.3 is 15.0 Å². The maximum atomic E-state index is 5.84. The molecule has 1 aromatic heterocycles. The maximum absolute atomic E-state index is 5.84. The number of methoxy groups -OCH3 is 1. The first-order valence-electron chi connectivity index (χ1n) is 6.24. The van der Waals surface area contributed by atoms with Crippen LogP contribution in [0.5, 0.6) is 0 Å². The van der Waals surface area contributed by atoms with Gasteiger partial charge in [0.05, 0.1) is 5.92 Å². The molecule has 0 aliphatic heterocycles. The molecule has 1 fully saturated rings. The SMILES string of the molecule is COC1(c2noc(C(C)C(C)N)n2)CCCC1. The minimum Gasteiger partial charge on any atom is -0.370 e. The van der Waals surface area contributed by atoms with E-state index < -0.39 is 0 Å². The Hall–Kier alpha value is -0.940. The summed E-state index contributed by atoms with van der Waals surface area (Å²) in [6.07, 6.45) is 4.24. The topological polar surface area (TPSA) is 74.2 Å². The number of hydrogen-bond acceptors (Lipinski definition) is 5. The van der Waals surface area contributed by atoms with E-state index in [-0.39, 0.29) is 17.6 Å². The number of nitrogens with zero attached hydrogens (tertiary/aromatic N) is 2. The fourth-order valence-electron chi connectivity index (χ4n) is 2.30. The maximum Gasteiger partial charge on any atom is 0.231 e. The molecule has 2 rings (SSSR count). The highest BCUT2D eigenvalue weighted by atomic mass is 16.5. The van der Waals surface area contributed by atoms with Crippen molar-refractivity contribution in [3.63, 3.8) is 0 Å². The summed E-state index contributed by atoms with van der Waals surface area (Å²) in [5.41, 5.74) is 5.50. The first-order chi connectivity index (χ1) is 8.09. The van der Waals surface area contributed by atoms with Crippen LogP contribution >= 0.6 is 0 Å². The highest BCUT2D eigenvalue weighted by Gasteiger charge is 2.40. The van der Waals surface area contributed by atoms with Crippen LogP contribution in [-0.2, 0) is 10.3 Å². The first kappa shape index (κ1) is 12.5. The van der Waals surface area contributed by atoms with E-state index in [1.54, 1.807) is 7.11 Å². The highest BCUT2D eigenvalue weighted by molar-refractivity contribution is 5.06. The number of hydrogen-bond donors (Lipinski definition) is 1. The minimum atomic E-state index is -0.334. The third-order valence-corrected chi connectivity index (χ3v) is 3.83. The van der Waals surface area contributed by atoms with Crippen LogP contribution in [0.15, 0.2) is 4.52 Å². The summed E-state index contributed by atoms with van der Waals surface area (Å²) < 4.78 is 10.9. The molecule has 1 saturated carbocycles. The van der Waals surface area contributed by atoms with Crippen LogP contribution in [0, 0.1) is 0 Å². The smallest absolute Gasteiger partial charge is 0.231 e. The van der Waals surface area contributed by atoms with Crippen LogP contribution in [0.3, 0.4) is 0 Å². The molecule has 17 heavy (non-hydrogen) atoms. The van der Waals surface area contributed by atoms with E-state index in [0.717, 1.165) is 25.7 Å². The first-order valence-corrected chi connectivity index (χ1v) is 6.24. The Morgan fingerprint density at radius 2 is 2.00 bits per heavy atom. The van der Waals surface area contributed by atoms with E-state index in [4.69, 9.17) is 15.0 Å². The van der Waals surface area contributed by atoms with Gasteiger partial charge in [-0.1, -0.05) is 12.1 Å². The molecule has 1 aliphatic rings. The van der Waals surface area contributed by atoms with Crippen molar-refractivity contribution in [3.05, 3.63) is 11.7 Å². The van der Waals surface area contributed by atoms with Crippen molar-refractivity contribution in [1.29, 1.82) is 0 Å². The van der Waals surface area contributed by atoms with Crippen molar-refractivity contribution < 1.29 is 9.26 Å². The van der Waals surface area contributed by atoms with Crippen LogP contribution in [0.4, 0.5) is 0 Å². The van der Waals surface area contributed by atoms with Gasteiger partial charge in [0.25, 0.3) is 0 Å². The van der Waals surface area contributed by atoms with Gasteiger partial charge in [-0.15, -0.1) is 0 Å². The van der Waals surface area contributed by atoms with E-state index >= 15 is 0 Å². The van der Waals surface area contributed by atoms with Crippen molar-refractivity contribution >= 4 is 0 Å². The summed E-state index contributed by atoms with van der Waals surface area (Å²) in [7, 11) is 1.72. The number of ether oxygens (including phenoxy) is 1. The van der Waals surface area contributed by atoms with Gasteiger partial charge >= 0.3 is 0 Å². The van der Waals surface area contributed by atoms with E-state index in [9.17, 15) is 0 Å². The van der Waals surface area contributed by atoms with Crippen molar-refractivity contribution in [3.8, 4) is 0 Å². The van der Waals surface area contributed by atoms with Crippen molar-refractivity contribution in [2.75, 3.05) is 7.11 Å². The van der Waals surface area contributed by atoms with Crippen molar-refractivity contribution in [2.45, 2.75) is 57.1 Å². The van der Waals surface area contributed by atoms with Crippen molar-refractivity contribution in [2.24, 2.45) is 5.73 Å². The fraction of sp³-hybridized carbons (Fsp3) is 0.833. The summed E-state index contributed by atoms with van der Waals surface area (Å²) in [5, 5.41) is 4.08. The fourth-order valence-corrected chi connectivity index (χ4v) is 2.30. The van der Waals surface area contributed by atoms with Gasteiger partial charge in [-0.3, -0.25) is 0 Å². The lowest BCUT2D eigenvalue weighted by atomic mass is 10.0. The lowest BCUT2D eigenvalue weighted by Crippen LogP contribution is -2.26. The molecule has 1 heterocycles. The third kappa shape index (κ3) is 2.21. The van der Waals surface area contributed by atoms with Gasteiger partial charge in [0.1, 0.15) is 5.60 Å². The van der Waals surface area contributed by atoms with Crippen LogP contribution < -0.4 is 5.73 Å². The highest BCUT2D eigenvalue weighted by Crippen LogP contribution is 2.40. The molecule has 5 heteroatoms. The molecule has 5 nitrogen and oxygen atoms in total. The largest absolute Gasteiger partial charge is 0.370 e. The summed E-state index contributed by atoms with van der Waals surface area (Å²) in [6, 6.07) is 0.00497. The van der Waals surface area contributed by atoms with E-state index in [0.29, 0.717) is 11.7 Å². The Morgan fingerprint density at radius 3 is 2.53 bits per heavy atom. The zero-order chi connectivity index (χ0) is 12.5. The average molecular weight is 239 g/mol. The third-order valence-electron chi connectivity index (χ3n) is 3.83. The monoisotopic (exact) mass is 239 g/mol. The Labute approximate surface area is 102 Å². The molecular weight excluding hydrogens is 218 g/mol. The molecular formula is C12H21N3O2. The Kier molecular flexibility index (Phi) is 3.49. The van der Waals surface area contributed by atoms with Crippen LogP contribution in [-0.4, -0.2) is 23.3 Å². The van der Waals surface area contributed by atoms with Crippen LogP contribution in [0.25, 0.3) is 0 Å². The van der Waals surface area contributed by atoms with Crippen molar-refractivity contribution in [1.82, 2.24) is 10.1 Å². The average Bonchev–Trinajstić information content (AvgIpc) is 2.97. The summed E-state index contributed by atoms with van der Waals surface area (Å²) >= 11 is 0. The molecule has 0 aromatic carbocycles. The second kappa shape index (κ2) is 4.74. The molecule has 0 radical (unpaired) electrons. The molecule has 0 amide bonds. The zero-order valence-electron chi connectivity index (χ0n) is 10.8. The van der Waals surface area contributed by atoms with Gasteiger partial charge in [-0.05, 0) is 32.6 Å². The second-order valence-electron chi connectivity index (χ2n) is 5.01. The summed E-state index contributed by atoms with van der Waals surface area (Å²) in [5.74, 6) is 1.37. The van der Waals surface area contributed by atoms with E-state index in [1.165, 1.54) is 0 Å². The lowest BCUT2D eigenvalue weighted by molar-refractivity contribution is -0.0178.